The summed E-state index contributed by atoms with van der Waals surface area (Å²) in [5, 5.41) is 5.80. The highest BCUT2D eigenvalue weighted by Crippen LogP contribution is 2.21. The molecule has 0 heterocycles. The van der Waals surface area contributed by atoms with Gasteiger partial charge in [-0.3, -0.25) is 9.59 Å². The largest absolute Gasteiger partial charge is 0.385 e. The maximum atomic E-state index is 11.3. The minimum absolute atomic E-state index is 0.247. The third-order valence-electron chi connectivity index (χ3n) is 2.56. The van der Waals surface area contributed by atoms with Crippen molar-refractivity contribution in [2.75, 3.05) is 23.7 Å². The molecule has 19 heavy (non-hydrogen) atoms. The van der Waals surface area contributed by atoms with Crippen LogP contribution in [0.15, 0.2) is 18.2 Å². The predicted molar refractivity (Wildman–Crippen MR) is 76.0 cm³/mol. The van der Waals surface area contributed by atoms with Crippen LogP contribution in [0.3, 0.4) is 0 Å². The molecule has 0 saturated heterocycles. The first-order valence-corrected chi connectivity index (χ1v) is 6.20. The Bertz CT molecular complexity index is 460. The van der Waals surface area contributed by atoms with Crippen LogP contribution in [-0.2, 0) is 4.79 Å². The number of carbonyl (C=O) groups excluding carboxylic acids is 2. The highest BCUT2D eigenvalue weighted by molar-refractivity contribution is 6.03. The van der Waals surface area contributed by atoms with Crippen molar-refractivity contribution in [1.29, 1.82) is 0 Å². The maximum absolute atomic E-state index is 11.3. The summed E-state index contributed by atoms with van der Waals surface area (Å²) >= 11 is 0. The standard InChI is InChI=1S/C13H20N4O2/c1-9(18)17-12-8-10(16-7-3-2-6-14)4-5-11(12)13(15)19/h4-5,8,16H,2-3,6-7,14H2,1H3,(H2,15,19)(H,17,18). The maximum Gasteiger partial charge on any atom is 0.250 e. The van der Waals surface area contributed by atoms with Gasteiger partial charge in [-0.05, 0) is 37.6 Å². The Labute approximate surface area is 112 Å². The number of rotatable bonds is 7. The zero-order valence-electron chi connectivity index (χ0n) is 11.0. The molecule has 0 saturated carbocycles. The summed E-state index contributed by atoms with van der Waals surface area (Å²) in [4.78, 5) is 22.4. The van der Waals surface area contributed by atoms with E-state index in [0.717, 1.165) is 25.1 Å². The Morgan fingerprint density at radius 2 is 2.00 bits per heavy atom. The minimum atomic E-state index is -0.571. The number of amides is 2. The van der Waals surface area contributed by atoms with E-state index in [1.165, 1.54) is 6.92 Å². The molecular weight excluding hydrogens is 244 g/mol. The topological polar surface area (TPSA) is 110 Å². The second-order valence-corrected chi connectivity index (χ2v) is 4.23. The van der Waals surface area contributed by atoms with E-state index in [9.17, 15) is 9.59 Å². The molecule has 0 spiro atoms. The van der Waals surface area contributed by atoms with Gasteiger partial charge < -0.3 is 22.1 Å². The lowest BCUT2D eigenvalue weighted by molar-refractivity contribution is -0.114. The average molecular weight is 264 g/mol. The highest BCUT2D eigenvalue weighted by Gasteiger charge is 2.10. The summed E-state index contributed by atoms with van der Waals surface area (Å²) in [6, 6.07) is 5.05. The molecule has 6 N–H and O–H groups in total. The molecular formula is C13H20N4O2. The number of nitrogens with two attached hydrogens (primary N) is 2. The SMILES string of the molecule is CC(=O)Nc1cc(NCCCCN)ccc1C(N)=O. The smallest absolute Gasteiger partial charge is 0.250 e. The molecule has 1 rings (SSSR count). The number of hydrogen-bond donors (Lipinski definition) is 4. The number of nitrogens with one attached hydrogen (secondary N) is 2. The van der Waals surface area contributed by atoms with Gasteiger partial charge in [0.25, 0.3) is 5.91 Å². The lowest BCUT2D eigenvalue weighted by Crippen LogP contribution is -2.17. The fourth-order valence-electron chi connectivity index (χ4n) is 1.66. The Hall–Kier alpha value is -2.08. The lowest BCUT2D eigenvalue weighted by atomic mass is 10.1. The average Bonchev–Trinajstić information content (AvgIpc) is 2.34. The van der Waals surface area contributed by atoms with Gasteiger partial charge in [0.1, 0.15) is 0 Å². The molecule has 0 aliphatic heterocycles. The van der Waals surface area contributed by atoms with Crippen molar-refractivity contribution in [3.63, 3.8) is 0 Å². The number of hydrogen-bond acceptors (Lipinski definition) is 4. The quantitative estimate of drug-likeness (QED) is 0.548. The van der Waals surface area contributed by atoms with Gasteiger partial charge in [-0.25, -0.2) is 0 Å². The van der Waals surface area contributed by atoms with Crippen LogP contribution in [0.4, 0.5) is 11.4 Å². The van der Waals surface area contributed by atoms with Crippen LogP contribution < -0.4 is 22.1 Å². The summed E-state index contributed by atoms with van der Waals surface area (Å²) < 4.78 is 0. The fourth-order valence-corrected chi connectivity index (χ4v) is 1.66. The zero-order chi connectivity index (χ0) is 14.3. The van der Waals surface area contributed by atoms with Gasteiger partial charge in [0.15, 0.2) is 0 Å². The first-order chi connectivity index (χ1) is 9.04. The molecule has 0 radical (unpaired) electrons. The van der Waals surface area contributed by atoms with Gasteiger partial charge in [0.05, 0.1) is 11.3 Å². The first kappa shape index (κ1) is 15.0. The van der Waals surface area contributed by atoms with Crippen molar-refractivity contribution in [3.05, 3.63) is 23.8 Å². The van der Waals surface area contributed by atoms with Crippen LogP contribution in [-0.4, -0.2) is 24.9 Å². The van der Waals surface area contributed by atoms with Crippen molar-refractivity contribution < 1.29 is 9.59 Å². The molecule has 0 unspecified atom stereocenters. The molecule has 0 aliphatic rings. The van der Waals surface area contributed by atoms with E-state index < -0.39 is 5.91 Å². The summed E-state index contributed by atoms with van der Waals surface area (Å²) in [7, 11) is 0. The number of benzene rings is 1. The van der Waals surface area contributed by atoms with Gasteiger partial charge in [-0.1, -0.05) is 0 Å². The monoisotopic (exact) mass is 264 g/mol. The summed E-state index contributed by atoms with van der Waals surface area (Å²) in [5.41, 5.74) is 12.2. The second-order valence-electron chi connectivity index (χ2n) is 4.23. The summed E-state index contributed by atoms with van der Waals surface area (Å²) in [6.07, 6.45) is 1.91. The van der Waals surface area contributed by atoms with E-state index in [2.05, 4.69) is 10.6 Å². The van der Waals surface area contributed by atoms with Crippen LogP contribution in [0.25, 0.3) is 0 Å². The van der Waals surface area contributed by atoms with Gasteiger partial charge in [-0.2, -0.15) is 0 Å². The highest BCUT2D eigenvalue weighted by atomic mass is 16.2. The van der Waals surface area contributed by atoms with E-state index in [1.807, 2.05) is 0 Å². The molecule has 0 aliphatic carbocycles. The Balaban J connectivity index is 2.79. The third-order valence-corrected chi connectivity index (χ3v) is 2.56. The molecule has 0 bridgehead atoms. The van der Waals surface area contributed by atoms with Gasteiger partial charge in [-0.15, -0.1) is 0 Å². The van der Waals surface area contributed by atoms with E-state index >= 15 is 0 Å². The third kappa shape index (κ3) is 4.97. The first-order valence-electron chi connectivity index (χ1n) is 6.20. The summed E-state index contributed by atoms with van der Waals surface area (Å²) in [6.45, 7) is 2.83. The van der Waals surface area contributed by atoms with E-state index in [1.54, 1.807) is 18.2 Å². The number of anilines is 2. The molecule has 2 amide bonds. The van der Waals surface area contributed by atoms with Crippen LogP contribution in [0, 0.1) is 0 Å². The minimum Gasteiger partial charge on any atom is -0.385 e. The van der Waals surface area contributed by atoms with Crippen LogP contribution >= 0.6 is 0 Å². The van der Waals surface area contributed by atoms with E-state index in [4.69, 9.17) is 11.5 Å². The van der Waals surface area contributed by atoms with Crippen LogP contribution in [0.1, 0.15) is 30.1 Å². The van der Waals surface area contributed by atoms with Gasteiger partial charge >= 0.3 is 0 Å². The normalized spacial score (nSPS) is 10.0. The fraction of sp³-hybridized carbons (Fsp3) is 0.385. The zero-order valence-corrected chi connectivity index (χ0v) is 11.0. The predicted octanol–water partition coefficient (Wildman–Crippen LogP) is 0.895. The Morgan fingerprint density at radius 3 is 2.58 bits per heavy atom. The molecule has 0 aromatic heterocycles. The molecule has 1 aromatic rings. The Morgan fingerprint density at radius 1 is 1.26 bits per heavy atom. The van der Waals surface area contributed by atoms with E-state index in [0.29, 0.717) is 17.8 Å². The Kier molecular flexibility index (Phi) is 5.81. The van der Waals surface area contributed by atoms with Crippen molar-refractivity contribution >= 4 is 23.2 Å². The molecule has 104 valence electrons. The van der Waals surface area contributed by atoms with Crippen molar-refractivity contribution in [2.24, 2.45) is 11.5 Å². The van der Waals surface area contributed by atoms with Crippen LogP contribution in [0.5, 0.6) is 0 Å². The second kappa shape index (κ2) is 7.38. The van der Waals surface area contributed by atoms with Crippen molar-refractivity contribution in [1.82, 2.24) is 0 Å². The number of primary amides is 1. The molecule has 0 atom stereocenters. The number of unbranched alkanes of at least 4 members (excludes halogenated alkanes) is 1. The van der Waals surface area contributed by atoms with Crippen LogP contribution in [0.2, 0.25) is 0 Å². The number of carbonyl (C=O) groups is 2. The summed E-state index contributed by atoms with van der Waals surface area (Å²) in [5.74, 6) is -0.818. The molecule has 6 nitrogen and oxygen atoms in total. The van der Waals surface area contributed by atoms with Crippen molar-refractivity contribution in [3.8, 4) is 0 Å². The van der Waals surface area contributed by atoms with Crippen molar-refractivity contribution in [2.45, 2.75) is 19.8 Å². The van der Waals surface area contributed by atoms with E-state index in [-0.39, 0.29) is 5.91 Å². The van der Waals surface area contributed by atoms with Gasteiger partial charge in [0, 0.05) is 19.2 Å². The van der Waals surface area contributed by atoms with Gasteiger partial charge in [0.2, 0.25) is 5.91 Å². The lowest BCUT2D eigenvalue weighted by Gasteiger charge is -2.11. The molecule has 1 aromatic carbocycles. The molecule has 0 fully saturated rings. The molecule has 6 heteroatoms.